The first kappa shape index (κ1) is 13.9. The molecular weight excluding hydrogens is 252 g/mol. The lowest BCUT2D eigenvalue weighted by molar-refractivity contribution is 0.0648. The van der Waals surface area contributed by atoms with E-state index in [1.807, 2.05) is 0 Å². The number of rotatable bonds is 3. The van der Waals surface area contributed by atoms with Gasteiger partial charge in [0.15, 0.2) is 0 Å². The summed E-state index contributed by atoms with van der Waals surface area (Å²) in [5, 5.41) is 8.93. The monoisotopic (exact) mass is 269 g/mol. The third kappa shape index (κ3) is 3.29. The Bertz CT molecular complexity index is 463. The summed E-state index contributed by atoms with van der Waals surface area (Å²) in [6.45, 7) is 1.13. The molecule has 2 rings (SSSR count). The zero-order valence-electron chi connectivity index (χ0n) is 10.6. The van der Waals surface area contributed by atoms with Gasteiger partial charge in [0.2, 0.25) is 0 Å². The predicted octanol–water partition coefficient (Wildman–Crippen LogP) is 2.20. The summed E-state index contributed by atoms with van der Waals surface area (Å²) in [5.74, 6) is -1.55. The van der Waals surface area contributed by atoms with Crippen LogP contribution in [-0.4, -0.2) is 35.6 Å². The Morgan fingerprint density at radius 1 is 1.42 bits per heavy atom. The van der Waals surface area contributed by atoms with Crippen LogP contribution in [0.1, 0.15) is 29.6 Å². The standard InChI is InChI=1S/C14H17F2NO2/c15-11-3-4-13(16)12(8-11)14(19)17-6-1-2-10(9-17)5-7-18/h3-4,8,10,18H,1-2,5-7,9H2. The third-order valence-corrected chi connectivity index (χ3v) is 3.50. The van der Waals surface area contributed by atoms with Crippen LogP contribution in [0.2, 0.25) is 0 Å². The van der Waals surface area contributed by atoms with Gasteiger partial charge in [-0.25, -0.2) is 8.78 Å². The van der Waals surface area contributed by atoms with Gasteiger partial charge in [-0.15, -0.1) is 0 Å². The van der Waals surface area contributed by atoms with Crippen LogP contribution >= 0.6 is 0 Å². The average Bonchev–Trinajstić information content (AvgIpc) is 2.41. The van der Waals surface area contributed by atoms with Gasteiger partial charge in [-0.2, -0.15) is 0 Å². The SMILES string of the molecule is O=C(c1cc(F)ccc1F)N1CCCC(CCO)C1. The molecule has 5 heteroatoms. The van der Waals surface area contributed by atoms with Crippen LogP contribution in [0.5, 0.6) is 0 Å². The van der Waals surface area contributed by atoms with E-state index in [1.165, 1.54) is 0 Å². The van der Waals surface area contributed by atoms with Gasteiger partial charge in [0.05, 0.1) is 5.56 Å². The Morgan fingerprint density at radius 3 is 2.95 bits per heavy atom. The molecule has 19 heavy (non-hydrogen) atoms. The normalized spacial score (nSPS) is 19.5. The first-order valence-corrected chi connectivity index (χ1v) is 6.47. The van der Waals surface area contributed by atoms with E-state index in [9.17, 15) is 13.6 Å². The average molecular weight is 269 g/mol. The van der Waals surface area contributed by atoms with E-state index < -0.39 is 17.5 Å². The second-order valence-electron chi connectivity index (χ2n) is 4.90. The number of likely N-dealkylation sites (tertiary alicyclic amines) is 1. The fourth-order valence-corrected chi connectivity index (χ4v) is 2.50. The van der Waals surface area contributed by atoms with Crippen molar-refractivity contribution in [3.8, 4) is 0 Å². The molecule has 0 bridgehead atoms. The van der Waals surface area contributed by atoms with Crippen molar-refractivity contribution in [3.63, 3.8) is 0 Å². The predicted molar refractivity (Wildman–Crippen MR) is 66.7 cm³/mol. The largest absolute Gasteiger partial charge is 0.396 e. The molecule has 1 atom stereocenters. The van der Waals surface area contributed by atoms with Gasteiger partial charge >= 0.3 is 0 Å². The van der Waals surface area contributed by atoms with Crippen molar-refractivity contribution in [2.75, 3.05) is 19.7 Å². The molecule has 0 aliphatic carbocycles. The maximum Gasteiger partial charge on any atom is 0.256 e. The molecule has 1 saturated heterocycles. The van der Waals surface area contributed by atoms with Crippen molar-refractivity contribution in [2.24, 2.45) is 5.92 Å². The van der Waals surface area contributed by atoms with E-state index in [-0.39, 0.29) is 18.1 Å². The minimum Gasteiger partial charge on any atom is -0.396 e. The van der Waals surface area contributed by atoms with Gasteiger partial charge < -0.3 is 10.0 Å². The highest BCUT2D eigenvalue weighted by Crippen LogP contribution is 2.22. The summed E-state index contributed by atoms with van der Waals surface area (Å²) < 4.78 is 26.7. The van der Waals surface area contributed by atoms with Gasteiger partial charge in [-0.05, 0) is 43.4 Å². The molecule has 1 unspecified atom stereocenters. The maximum absolute atomic E-state index is 13.6. The Balaban J connectivity index is 2.12. The molecule has 1 aromatic rings. The number of amides is 1. The fourth-order valence-electron chi connectivity index (χ4n) is 2.50. The van der Waals surface area contributed by atoms with E-state index in [4.69, 9.17) is 5.11 Å². The summed E-state index contributed by atoms with van der Waals surface area (Å²) in [7, 11) is 0. The number of aliphatic hydroxyl groups excluding tert-OH is 1. The number of carbonyl (C=O) groups excluding carboxylic acids is 1. The first-order chi connectivity index (χ1) is 9.11. The van der Waals surface area contributed by atoms with Crippen molar-refractivity contribution < 1.29 is 18.7 Å². The lowest BCUT2D eigenvalue weighted by Crippen LogP contribution is -2.40. The summed E-state index contributed by atoms with van der Waals surface area (Å²) in [4.78, 5) is 13.7. The zero-order valence-corrected chi connectivity index (χ0v) is 10.6. The summed E-state index contributed by atoms with van der Waals surface area (Å²) >= 11 is 0. The van der Waals surface area contributed by atoms with Crippen molar-refractivity contribution in [2.45, 2.75) is 19.3 Å². The number of benzene rings is 1. The minimum atomic E-state index is -0.698. The van der Waals surface area contributed by atoms with E-state index in [2.05, 4.69) is 0 Å². The highest BCUT2D eigenvalue weighted by Gasteiger charge is 2.26. The Kier molecular flexibility index (Phi) is 4.47. The molecule has 3 nitrogen and oxygen atoms in total. The zero-order chi connectivity index (χ0) is 13.8. The molecule has 0 radical (unpaired) electrons. The van der Waals surface area contributed by atoms with Crippen molar-refractivity contribution in [3.05, 3.63) is 35.4 Å². The number of hydrogen-bond acceptors (Lipinski definition) is 2. The van der Waals surface area contributed by atoms with Crippen LogP contribution in [0.15, 0.2) is 18.2 Å². The third-order valence-electron chi connectivity index (χ3n) is 3.50. The van der Waals surface area contributed by atoms with Crippen LogP contribution in [0.4, 0.5) is 8.78 Å². The maximum atomic E-state index is 13.6. The lowest BCUT2D eigenvalue weighted by Gasteiger charge is -2.32. The van der Waals surface area contributed by atoms with Crippen LogP contribution in [0.3, 0.4) is 0 Å². The fraction of sp³-hybridized carbons (Fsp3) is 0.500. The first-order valence-electron chi connectivity index (χ1n) is 6.47. The smallest absolute Gasteiger partial charge is 0.256 e. The topological polar surface area (TPSA) is 40.5 Å². The van der Waals surface area contributed by atoms with Crippen LogP contribution in [-0.2, 0) is 0 Å². The van der Waals surface area contributed by atoms with Crippen LogP contribution in [0, 0.1) is 17.6 Å². The van der Waals surface area contributed by atoms with Crippen LogP contribution in [0.25, 0.3) is 0 Å². The molecule has 0 spiro atoms. The van der Waals surface area contributed by atoms with E-state index in [0.29, 0.717) is 19.5 Å². The number of hydrogen-bond donors (Lipinski definition) is 1. The highest BCUT2D eigenvalue weighted by molar-refractivity contribution is 5.94. The highest BCUT2D eigenvalue weighted by atomic mass is 19.1. The van der Waals surface area contributed by atoms with E-state index in [1.54, 1.807) is 4.90 Å². The molecule has 1 heterocycles. The molecule has 1 aromatic carbocycles. The Morgan fingerprint density at radius 2 is 2.21 bits per heavy atom. The second kappa shape index (κ2) is 6.10. The van der Waals surface area contributed by atoms with Crippen LogP contribution < -0.4 is 0 Å². The molecule has 1 amide bonds. The molecule has 1 fully saturated rings. The number of nitrogens with zero attached hydrogens (tertiary/aromatic N) is 1. The molecule has 1 aliphatic heterocycles. The van der Waals surface area contributed by atoms with Gasteiger partial charge in [-0.3, -0.25) is 4.79 Å². The van der Waals surface area contributed by atoms with E-state index in [0.717, 1.165) is 31.0 Å². The molecule has 1 aliphatic rings. The molecular formula is C14H17F2NO2. The Hall–Kier alpha value is -1.49. The van der Waals surface area contributed by atoms with Gasteiger partial charge in [0, 0.05) is 19.7 Å². The minimum absolute atomic E-state index is 0.0843. The quantitative estimate of drug-likeness (QED) is 0.914. The summed E-state index contributed by atoms with van der Waals surface area (Å²) in [6.07, 6.45) is 2.42. The van der Waals surface area contributed by atoms with Crippen molar-refractivity contribution >= 4 is 5.91 Å². The molecule has 0 aromatic heterocycles. The number of carbonyl (C=O) groups is 1. The lowest BCUT2D eigenvalue weighted by atomic mass is 9.94. The number of halogens is 2. The Labute approximate surface area is 110 Å². The molecule has 1 N–H and O–H groups in total. The molecule has 104 valence electrons. The van der Waals surface area contributed by atoms with Crippen molar-refractivity contribution in [1.82, 2.24) is 4.90 Å². The summed E-state index contributed by atoms with van der Waals surface area (Å²) in [5.41, 5.74) is -0.218. The number of aliphatic hydroxyl groups is 1. The van der Waals surface area contributed by atoms with Gasteiger partial charge in [0.25, 0.3) is 5.91 Å². The van der Waals surface area contributed by atoms with Gasteiger partial charge in [-0.1, -0.05) is 0 Å². The van der Waals surface area contributed by atoms with Crippen molar-refractivity contribution in [1.29, 1.82) is 0 Å². The van der Waals surface area contributed by atoms with E-state index >= 15 is 0 Å². The number of piperidine rings is 1. The summed E-state index contributed by atoms with van der Waals surface area (Å²) in [6, 6.07) is 2.90. The van der Waals surface area contributed by atoms with Gasteiger partial charge in [0.1, 0.15) is 11.6 Å². The second-order valence-corrected chi connectivity index (χ2v) is 4.90. The molecule has 0 saturated carbocycles.